The number of aromatic nitrogens is 1. The number of pyridine rings is 1. The summed E-state index contributed by atoms with van der Waals surface area (Å²) in [6, 6.07) is 1.82. The van der Waals surface area contributed by atoms with Crippen molar-refractivity contribution >= 4 is 50.1 Å². The maximum absolute atomic E-state index is 5.71. The van der Waals surface area contributed by atoms with Crippen LogP contribution in [0.4, 0.5) is 0 Å². The van der Waals surface area contributed by atoms with E-state index in [2.05, 4.69) is 43.5 Å². The Hall–Kier alpha value is 0.650. The highest BCUT2D eigenvalue weighted by Gasteiger charge is 1.95. The minimum Gasteiger partial charge on any atom is -0.248 e. The first-order valence-corrected chi connectivity index (χ1v) is 4.41. The molecule has 0 unspecified atom stereocenters. The van der Waals surface area contributed by atoms with E-state index in [0.29, 0.717) is 5.02 Å². The van der Waals surface area contributed by atoms with E-state index in [0.717, 1.165) is 8.17 Å². The molecule has 0 saturated carbocycles. The Labute approximate surface area is 80.1 Å². The van der Waals surface area contributed by atoms with Crippen LogP contribution in [0.15, 0.2) is 16.7 Å². The molecule has 1 aromatic heterocycles. The molecule has 0 bridgehead atoms. The van der Waals surface area contributed by atoms with Crippen LogP contribution in [0, 0.1) is 3.70 Å². The van der Waals surface area contributed by atoms with E-state index in [1.54, 1.807) is 6.20 Å². The van der Waals surface area contributed by atoms with E-state index in [9.17, 15) is 0 Å². The van der Waals surface area contributed by atoms with Gasteiger partial charge in [0.05, 0.1) is 5.02 Å². The fourth-order valence-electron chi connectivity index (χ4n) is 0.398. The van der Waals surface area contributed by atoms with Gasteiger partial charge < -0.3 is 0 Å². The summed E-state index contributed by atoms with van der Waals surface area (Å²) in [7, 11) is 0. The Morgan fingerprint density at radius 3 is 2.78 bits per heavy atom. The molecule has 9 heavy (non-hydrogen) atoms. The number of nitrogens with zero attached hydrogens (tertiary/aromatic N) is 1. The highest BCUT2D eigenvalue weighted by Crippen LogP contribution is 2.19. The third-order valence-electron chi connectivity index (χ3n) is 0.763. The lowest BCUT2D eigenvalue weighted by atomic mass is 10.5. The molecule has 4 heteroatoms. The topological polar surface area (TPSA) is 12.9 Å². The average molecular weight is 318 g/mol. The summed E-state index contributed by atoms with van der Waals surface area (Å²) in [6.07, 6.45) is 1.72. The van der Waals surface area contributed by atoms with Crippen molar-refractivity contribution in [3.05, 3.63) is 25.5 Å². The van der Waals surface area contributed by atoms with Gasteiger partial charge in [0, 0.05) is 10.7 Å². The minimum atomic E-state index is 0.685. The summed E-state index contributed by atoms with van der Waals surface area (Å²) in [4.78, 5) is 3.99. The summed E-state index contributed by atoms with van der Waals surface area (Å²) >= 11 is 11.0. The minimum absolute atomic E-state index is 0.685. The van der Waals surface area contributed by atoms with E-state index in [-0.39, 0.29) is 0 Å². The molecule has 0 aliphatic heterocycles. The normalized spacial score (nSPS) is 9.67. The SMILES string of the molecule is Clc1cc(Br)cnc1I. The van der Waals surface area contributed by atoms with E-state index < -0.39 is 0 Å². The maximum atomic E-state index is 5.71. The molecular formula is C5H2BrClIN. The largest absolute Gasteiger partial charge is 0.248 e. The van der Waals surface area contributed by atoms with Crippen LogP contribution in [0.1, 0.15) is 0 Å². The first kappa shape index (κ1) is 7.75. The first-order chi connectivity index (χ1) is 4.20. The Kier molecular flexibility index (Phi) is 2.73. The van der Waals surface area contributed by atoms with Gasteiger partial charge in [0.25, 0.3) is 0 Å². The zero-order valence-electron chi connectivity index (χ0n) is 4.24. The number of hydrogen-bond donors (Lipinski definition) is 0. The van der Waals surface area contributed by atoms with Gasteiger partial charge in [0.2, 0.25) is 0 Å². The maximum Gasteiger partial charge on any atom is 0.119 e. The van der Waals surface area contributed by atoms with Gasteiger partial charge in [-0.2, -0.15) is 0 Å². The molecule has 0 aromatic carbocycles. The molecule has 48 valence electrons. The van der Waals surface area contributed by atoms with Crippen molar-refractivity contribution in [3.8, 4) is 0 Å². The van der Waals surface area contributed by atoms with Crippen molar-refractivity contribution in [2.75, 3.05) is 0 Å². The van der Waals surface area contributed by atoms with Gasteiger partial charge in [-0.3, -0.25) is 0 Å². The molecular weight excluding hydrogens is 316 g/mol. The summed E-state index contributed by atoms with van der Waals surface area (Å²) < 4.78 is 1.74. The third-order valence-corrected chi connectivity index (χ3v) is 2.66. The molecule has 0 fully saturated rings. The average Bonchev–Trinajstić information content (AvgIpc) is 1.80. The molecule has 0 N–H and O–H groups in total. The molecule has 0 saturated heterocycles. The highest BCUT2D eigenvalue weighted by molar-refractivity contribution is 14.1. The van der Waals surface area contributed by atoms with Crippen LogP contribution in [0.5, 0.6) is 0 Å². The molecule has 1 nitrogen and oxygen atoms in total. The van der Waals surface area contributed by atoms with Crippen LogP contribution in [0.3, 0.4) is 0 Å². The smallest absolute Gasteiger partial charge is 0.119 e. The standard InChI is InChI=1S/C5H2BrClIN/c6-3-1-4(7)5(8)9-2-3/h1-2H. The van der Waals surface area contributed by atoms with Crippen LogP contribution >= 0.6 is 50.1 Å². The van der Waals surface area contributed by atoms with Gasteiger partial charge in [-0.05, 0) is 44.6 Å². The Morgan fingerprint density at radius 1 is 1.67 bits per heavy atom. The summed E-state index contributed by atoms with van der Waals surface area (Å²) in [5, 5.41) is 0.685. The van der Waals surface area contributed by atoms with Crippen molar-refractivity contribution in [2.24, 2.45) is 0 Å². The van der Waals surface area contributed by atoms with Crippen molar-refractivity contribution in [3.63, 3.8) is 0 Å². The molecule has 0 aliphatic carbocycles. The van der Waals surface area contributed by atoms with Crippen molar-refractivity contribution in [1.82, 2.24) is 4.98 Å². The van der Waals surface area contributed by atoms with E-state index >= 15 is 0 Å². The molecule has 0 spiro atoms. The first-order valence-electron chi connectivity index (χ1n) is 2.16. The van der Waals surface area contributed by atoms with E-state index in [4.69, 9.17) is 11.6 Å². The van der Waals surface area contributed by atoms with Crippen LogP contribution in [-0.4, -0.2) is 4.98 Å². The van der Waals surface area contributed by atoms with E-state index in [1.807, 2.05) is 6.07 Å². The molecule has 0 atom stereocenters. The second-order valence-corrected chi connectivity index (χ2v) is 3.77. The molecule has 0 aliphatic rings. The second-order valence-electron chi connectivity index (χ2n) is 1.43. The Bertz CT molecular complexity index is 228. The molecule has 0 amide bonds. The van der Waals surface area contributed by atoms with Crippen LogP contribution < -0.4 is 0 Å². The molecule has 1 heterocycles. The predicted octanol–water partition coefficient (Wildman–Crippen LogP) is 3.10. The Balaban J connectivity index is 3.17. The van der Waals surface area contributed by atoms with Gasteiger partial charge >= 0.3 is 0 Å². The van der Waals surface area contributed by atoms with Crippen LogP contribution in [0.25, 0.3) is 0 Å². The lowest BCUT2D eigenvalue weighted by Crippen LogP contribution is -1.79. The fraction of sp³-hybridized carbons (Fsp3) is 0. The summed E-state index contributed by atoms with van der Waals surface area (Å²) in [5.41, 5.74) is 0. The molecule has 1 rings (SSSR count). The second kappa shape index (κ2) is 3.16. The van der Waals surface area contributed by atoms with Crippen LogP contribution in [0.2, 0.25) is 5.02 Å². The quantitative estimate of drug-likeness (QED) is 0.529. The number of rotatable bonds is 0. The van der Waals surface area contributed by atoms with Gasteiger partial charge in [-0.25, -0.2) is 4.98 Å². The Morgan fingerprint density at radius 2 is 2.33 bits per heavy atom. The van der Waals surface area contributed by atoms with Gasteiger partial charge in [0.15, 0.2) is 0 Å². The lowest BCUT2D eigenvalue weighted by Gasteiger charge is -1.92. The van der Waals surface area contributed by atoms with Gasteiger partial charge in [-0.1, -0.05) is 11.6 Å². The van der Waals surface area contributed by atoms with E-state index in [1.165, 1.54) is 0 Å². The molecule has 1 aromatic rings. The lowest BCUT2D eigenvalue weighted by molar-refractivity contribution is 1.26. The van der Waals surface area contributed by atoms with Crippen molar-refractivity contribution in [2.45, 2.75) is 0 Å². The zero-order chi connectivity index (χ0) is 6.85. The van der Waals surface area contributed by atoms with Gasteiger partial charge in [0.1, 0.15) is 3.70 Å². The van der Waals surface area contributed by atoms with Crippen molar-refractivity contribution < 1.29 is 0 Å². The van der Waals surface area contributed by atoms with Gasteiger partial charge in [-0.15, -0.1) is 0 Å². The van der Waals surface area contributed by atoms with Crippen LogP contribution in [-0.2, 0) is 0 Å². The highest BCUT2D eigenvalue weighted by atomic mass is 127. The predicted molar refractivity (Wildman–Crippen MR) is 49.7 cm³/mol. The zero-order valence-corrected chi connectivity index (χ0v) is 8.74. The monoisotopic (exact) mass is 317 g/mol. The van der Waals surface area contributed by atoms with Crippen molar-refractivity contribution in [1.29, 1.82) is 0 Å². The third kappa shape index (κ3) is 2.05. The number of halogens is 3. The molecule has 0 radical (unpaired) electrons. The summed E-state index contributed by atoms with van der Waals surface area (Å²) in [5.74, 6) is 0. The number of hydrogen-bond acceptors (Lipinski definition) is 1. The summed E-state index contributed by atoms with van der Waals surface area (Å²) in [6.45, 7) is 0. The fourth-order valence-corrected chi connectivity index (χ4v) is 1.32.